The van der Waals surface area contributed by atoms with Crippen LogP contribution < -0.4 is 0 Å². The molecule has 0 N–H and O–H groups in total. The minimum atomic E-state index is -1.12. The lowest BCUT2D eigenvalue weighted by Crippen LogP contribution is -2.32. The number of esters is 3. The summed E-state index contributed by atoms with van der Waals surface area (Å²) in [7, 11) is 0. The summed E-state index contributed by atoms with van der Waals surface area (Å²) in [5.41, 5.74) is 0. The van der Waals surface area contributed by atoms with Crippen molar-refractivity contribution in [2.45, 2.75) is 52.1 Å². The molecule has 4 atom stereocenters. The summed E-state index contributed by atoms with van der Waals surface area (Å²) in [6, 6.07) is 0. The van der Waals surface area contributed by atoms with Crippen LogP contribution in [0.4, 0.5) is 0 Å². The third-order valence-electron chi connectivity index (χ3n) is 3.23. The summed E-state index contributed by atoms with van der Waals surface area (Å²) in [6.07, 6.45) is 0.734. The van der Waals surface area contributed by atoms with E-state index in [2.05, 4.69) is 13.2 Å². The number of rotatable bonds is 15. The third kappa shape index (κ3) is 14.4. The van der Waals surface area contributed by atoms with E-state index in [-0.39, 0.29) is 25.9 Å². The van der Waals surface area contributed by atoms with Gasteiger partial charge in [0.05, 0.1) is 38.6 Å². The molecule has 0 aliphatic carbocycles. The fourth-order valence-electron chi connectivity index (χ4n) is 1.80. The van der Waals surface area contributed by atoms with E-state index in [4.69, 9.17) is 28.4 Å². The van der Waals surface area contributed by atoms with E-state index < -0.39 is 36.2 Å². The fraction of sp³-hybridized carbons (Fsp3) is 0.650. The lowest BCUT2D eigenvalue weighted by Gasteiger charge is -2.19. The molecule has 0 spiro atoms. The van der Waals surface area contributed by atoms with Crippen LogP contribution in [0.25, 0.3) is 0 Å². The average molecular weight is 416 g/mol. The lowest BCUT2D eigenvalue weighted by atomic mass is 10.4. The second-order valence-electron chi connectivity index (χ2n) is 6.38. The standard InChI is InChI=1S/C20H32O9/c1-7-9-24-10-14(3)25-12-16(5)28-19(22)20(23)29-17(6)13-26-15(4)11-27-18(21)8-2/h7-8,14-17H,1-2,9-13H2,3-6H3. The first kappa shape index (κ1) is 26.8. The molecule has 0 saturated heterocycles. The molecule has 0 rings (SSSR count). The Morgan fingerprint density at radius 2 is 1.24 bits per heavy atom. The van der Waals surface area contributed by atoms with Gasteiger partial charge in [-0.05, 0) is 27.7 Å². The maximum absolute atomic E-state index is 11.8. The van der Waals surface area contributed by atoms with Gasteiger partial charge in [-0.3, -0.25) is 0 Å². The largest absolute Gasteiger partial charge is 0.460 e. The van der Waals surface area contributed by atoms with Gasteiger partial charge in [0.15, 0.2) is 0 Å². The molecule has 0 bridgehead atoms. The van der Waals surface area contributed by atoms with E-state index in [1.165, 1.54) is 0 Å². The van der Waals surface area contributed by atoms with Crippen molar-refractivity contribution in [2.75, 3.05) is 33.0 Å². The van der Waals surface area contributed by atoms with E-state index in [0.29, 0.717) is 13.2 Å². The van der Waals surface area contributed by atoms with Crippen LogP contribution in [-0.2, 0) is 42.8 Å². The summed E-state index contributed by atoms with van der Waals surface area (Å²) >= 11 is 0. The molecule has 0 heterocycles. The molecule has 0 aromatic carbocycles. The van der Waals surface area contributed by atoms with Gasteiger partial charge in [0.1, 0.15) is 18.8 Å². The molecular weight excluding hydrogens is 384 g/mol. The smallest absolute Gasteiger partial charge is 0.417 e. The molecule has 0 amide bonds. The first-order chi connectivity index (χ1) is 13.7. The summed E-state index contributed by atoms with van der Waals surface area (Å²) in [6.45, 7) is 14.4. The van der Waals surface area contributed by atoms with Crippen molar-refractivity contribution in [2.24, 2.45) is 0 Å². The van der Waals surface area contributed by atoms with Crippen LogP contribution in [-0.4, -0.2) is 75.4 Å². The zero-order valence-electron chi connectivity index (χ0n) is 17.6. The van der Waals surface area contributed by atoms with Gasteiger partial charge in [-0.2, -0.15) is 0 Å². The normalized spacial score (nSPS) is 14.8. The average Bonchev–Trinajstić information content (AvgIpc) is 2.68. The third-order valence-corrected chi connectivity index (χ3v) is 3.23. The monoisotopic (exact) mass is 416 g/mol. The van der Waals surface area contributed by atoms with Crippen LogP contribution in [0.1, 0.15) is 27.7 Å². The van der Waals surface area contributed by atoms with Crippen LogP contribution in [0.5, 0.6) is 0 Å². The minimum absolute atomic E-state index is 0.0205. The minimum Gasteiger partial charge on any atom is -0.460 e. The first-order valence-electron chi connectivity index (χ1n) is 9.32. The summed E-state index contributed by atoms with van der Waals surface area (Å²) in [5, 5.41) is 0. The van der Waals surface area contributed by atoms with Crippen LogP contribution >= 0.6 is 0 Å². The maximum atomic E-state index is 11.8. The highest BCUT2D eigenvalue weighted by molar-refractivity contribution is 6.29. The van der Waals surface area contributed by atoms with Crippen LogP contribution in [0.15, 0.2) is 25.3 Å². The molecule has 0 aliphatic heterocycles. The van der Waals surface area contributed by atoms with Crippen molar-refractivity contribution in [1.29, 1.82) is 0 Å². The summed E-state index contributed by atoms with van der Waals surface area (Å²) < 4.78 is 30.9. The number of carbonyl (C=O) groups excluding carboxylic acids is 3. The number of hydrogen-bond donors (Lipinski definition) is 0. The Balaban J connectivity index is 4.06. The molecule has 29 heavy (non-hydrogen) atoms. The zero-order valence-corrected chi connectivity index (χ0v) is 17.6. The van der Waals surface area contributed by atoms with Gasteiger partial charge in [-0.25, -0.2) is 14.4 Å². The molecule has 4 unspecified atom stereocenters. The van der Waals surface area contributed by atoms with E-state index in [9.17, 15) is 14.4 Å². The number of carbonyl (C=O) groups is 3. The van der Waals surface area contributed by atoms with E-state index >= 15 is 0 Å². The van der Waals surface area contributed by atoms with Gasteiger partial charge in [0, 0.05) is 6.08 Å². The lowest BCUT2D eigenvalue weighted by molar-refractivity contribution is -0.177. The Kier molecular flexibility index (Phi) is 14.5. The quantitative estimate of drug-likeness (QED) is 0.0982. The maximum Gasteiger partial charge on any atom is 0.417 e. The van der Waals surface area contributed by atoms with Gasteiger partial charge < -0.3 is 28.4 Å². The van der Waals surface area contributed by atoms with Crippen molar-refractivity contribution in [1.82, 2.24) is 0 Å². The molecule has 0 radical (unpaired) electrons. The Bertz CT molecular complexity index is 532. The molecule has 9 heteroatoms. The SMILES string of the molecule is C=CCOCC(C)OCC(C)OC(=O)C(=O)OC(C)COC(C)COC(=O)C=C. The van der Waals surface area contributed by atoms with Crippen molar-refractivity contribution >= 4 is 17.9 Å². The Morgan fingerprint density at radius 1 is 0.759 bits per heavy atom. The van der Waals surface area contributed by atoms with Crippen LogP contribution in [0.3, 0.4) is 0 Å². The highest BCUT2D eigenvalue weighted by Crippen LogP contribution is 2.02. The van der Waals surface area contributed by atoms with E-state index in [0.717, 1.165) is 6.08 Å². The number of ether oxygens (including phenoxy) is 6. The van der Waals surface area contributed by atoms with Gasteiger partial charge in [0.25, 0.3) is 0 Å². The Labute approximate surface area is 171 Å². The second-order valence-corrected chi connectivity index (χ2v) is 6.38. The van der Waals surface area contributed by atoms with Gasteiger partial charge >= 0.3 is 17.9 Å². The predicted molar refractivity (Wildman–Crippen MR) is 104 cm³/mol. The second kappa shape index (κ2) is 15.7. The van der Waals surface area contributed by atoms with Crippen molar-refractivity contribution in [3.63, 3.8) is 0 Å². The van der Waals surface area contributed by atoms with Crippen LogP contribution in [0.2, 0.25) is 0 Å². The summed E-state index contributed by atoms with van der Waals surface area (Å²) in [5.74, 6) is -2.79. The van der Waals surface area contributed by atoms with Gasteiger partial charge in [0.2, 0.25) is 0 Å². The fourth-order valence-corrected chi connectivity index (χ4v) is 1.80. The van der Waals surface area contributed by atoms with Crippen molar-refractivity contribution in [3.05, 3.63) is 25.3 Å². The number of hydrogen-bond acceptors (Lipinski definition) is 9. The first-order valence-corrected chi connectivity index (χ1v) is 9.32. The van der Waals surface area contributed by atoms with Crippen molar-refractivity contribution in [3.8, 4) is 0 Å². The molecule has 0 aliphatic rings. The molecule has 0 aromatic rings. The highest BCUT2D eigenvalue weighted by Gasteiger charge is 2.23. The molecule has 0 saturated carbocycles. The van der Waals surface area contributed by atoms with Crippen molar-refractivity contribution < 1.29 is 42.8 Å². The Hall–Kier alpha value is -2.23. The molecule has 166 valence electrons. The predicted octanol–water partition coefficient (Wildman–Crippen LogP) is 1.59. The van der Waals surface area contributed by atoms with Crippen LogP contribution in [0, 0.1) is 0 Å². The molecular formula is C20H32O9. The van der Waals surface area contributed by atoms with Gasteiger partial charge in [-0.1, -0.05) is 12.7 Å². The zero-order chi connectivity index (χ0) is 22.2. The molecule has 0 aromatic heterocycles. The topological polar surface area (TPSA) is 107 Å². The van der Waals surface area contributed by atoms with E-state index in [1.807, 2.05) is 6.92 Å². The van der Waals surface area contributed by atoms with E-state index in [1.54, 1.807) is 26.8 Å². The summed E-state index contributed by atoms with van der Waals surface area (Å²) in [4.78, 5) is 34.6. The van der Waals surface area contributed by atoms with Gasteiger partial charge in [-0.15, -0.1) is 6.58 Å². The Morgan fingerprint density at radius 3 is 1.69 bits per heavy atom. The molecule has 9 nitrogen and oxygen atoms in total. The highest BCUT2D eigenvalue weighted by atomic mass is 16.6. The molecule has 0 fully saturated rings.